The minimum Gasteiger partial charge on any atom is -0.364 e. The molecule has 1 aliphatic heterocycles. The molecular weight excluding hydrogens is 574 g/mol. The zero-order valence-corrected chi connectivity index (χ0v) is 24.7. The molecule has 2 aromatic rings. The van der Waals surface area contributed by atoms with Gasteiger partial charge in [0.05, 0.1) is 25.2 Å². The number of primary amides is 1. The Morgan fingerprint density at radius 2 is 1.91 bits per heavy atom. The summed E-state index contributed by atoms with van der Waals surface area (Å²) in [7, 11) is 0. The molecule has 0 spiro atoms. The van der Waals surface area contributed by atoms with Crippen LogP contribution < -0.4 is 22.2 Å². The van der Waals surface area contributed by atoms with E-state index in [0.717, 1.165) is 31.1 Å². The molecule has 0 radical (unpaired) electrons. The van der Waals surface area contributed by atoms with Gasteiger partial charge in [-0.15, -0.1) is 0 Å². The maximum atomic E-state index is 14.1. The lowest BCUT2D eigenvalue weighted by Gasteiger charge is -2.41. The third-order valence-electron chi connectivity index (χ3n) is 7.72. The lowest BCUT2D eigenvalue weighted by molar-refractivity contribution is -0.878. The van der Waals surface area contributed by atoms with Crippen LogP contribution in [0.2, 0.25) is 0 Å². The minimum atomic E-state index is -1.13. The number of aromatic nitrogens is 4. The summed E-state index contributed by atoms with van der Waals surface area (Å²) in [6.45, 7) is 2.08. The molecule has 4 amide bonds. The number of hydrogen-bond donors (Lipinski definition) is 4. The van der Waals surface area contributed by atoms with E-state index in [0.29, 0.717) is 31.1 Å². The number of hydrogen-bond acceptors (Lipinski definition) is 11. The summed E-state index contributed by atoms with van der Waals surface area (Å²) in [5.74, 6) is 3.57. The van der Waals surface area contributed by atoms with Crippen LogP contribution in [0.15, 0.2) is 47.3 Å². The van der Waals surface area contributed by atoms with E-state index < -0.39 is 17.9 Å². The van der Waals surface area contributed by atoms with Gasteiger partial charge >= 0.3 is 5.91 Å². The Labute approximate surface area is 253 Å². The van der Waals surface area contributed by atoms with E-state index in [-0.39, 0.29) is 59.2 Å². The van der Waals surface area contributed by atoms with Crippen LogP contribution in [0.4, 0.5) is 0 Å². The molecule has 2 fully saturated rings. The SMILES string of the molecule is NN=CN1CCC[C@@H](CNC(=O)CC(C(N)=O)[N@@+](CCNC(=O)c2cnccn2)(C(=O)CSc2ncccn2)C2CC2)C1. The van der Waals surface area contributed by atoms with Crippen LogP contribution in [0.5, 0.6) is 0 Å². The van der Waals surface area contributed by atoms with Crippen LogP contribution in [0.3, 0.4) is 0 Å². The summed E-state index contributed by atoms with van der Waals surface area (Å²) in [4.78, 5) is 71.3. The van der Waals surface area contributed by atoms with Crippen molar-refractivity contribution >= 4 is 41.7 Å². The van der Waals surface area contributed by atoms with Gasteiger partial charge < -0.3 is 27.1 Å². The number of nitrogens with zero attached hydrogens (tertiary/aromatic N) is 7. The zero-order valence-electron chi connectivity index (χ0n) is 23.9. The highest BCUT2D eigenvalue weighted by Gasteiger charge is 2.57. The summed E-state index contributed by atoms with van der Waals surface area (Å²) in [5.41, 5.74) is 6.06. The number of hydrazone groups is 1. The highest BCUT2D eigenvalue weighted by Crippen LogP contribution is 2.38. The molecule has 16 heteroatoms. The number of likely N-dealkylation sites (tertiary alicyclic amines) is 1. The Balaban J connectivity index is 1.50. The number of nitrogens with one attached hydrogen (secondary N) is 2. The zero-order chi connectivity index (χ0) is 30.7. The third kappa shape index (κ3) is 8.67. The molecule has 2 aliphatic rings. The Hall–Kier alpha value is -4.18. The van der Waals surface area contributed by atoms with Crippen LogP contribution in [0.1, 0.15) is 42.6 Å². The number of thioether (sulfide) groups is 1. The number of quaternary nitrogens is 1. The molecule has 4 rings (SSSR count). The number of carbonyl (C=O) groups excluding carboxylic acids is 4. The normalized spacial score (nSPS) is 18.9. The standard InChI is InChI=1S/C27H37N11O4S/c28-25(41)22(13-23(39)35-14-19-3-1-11-37(16-19)18-36-29)38(20-4-5-20,24(40)17-43-27-33-6-2-7-34-27)12-10-32-26(42)21-15-30-8-9-31-21/h2,6-9,15,18-20,22H,1,3-5,10-14,16-17,29H2,(H3-,28,32,35,39,41,42)/p+1/t19-,22?,38-/m0/s1. The molecule has 6 N–H and O–H groups in total. The van der Waals surface area contributed by atoms with E-state index in [1.807, 2.05) is 4.90 Å². The highest BCUT2D eigenvalue weighted by molar-refractivity contribution is 7.99. The first kappa shape index (κ1) is 31.7. The molecule has 15 nitrogen and oxygen atoms in total. The Morgan fingerprint density at radius 3 is 2.58 bits per heavy atom. The van der Waals surface area contributed by atoms with Crippen molar-refractivity contribution in [2.24, 2.45) is 22.6 Å². The van der Waals surface area contributed by atoms with Gasteiger partial charge in [-0.2, -0.15) is 5.10 Å². The third-order valence-corrected chi connectivity index (χ3v) is 8.58. The number of piperidine rings is 1. The second-order valence-electron chi connectivity index (χ2n) is 10.6. The largest absolute Gasteiger partial charge is 0.364 e. The molecule has 1 aliphatic carbocycles. The van der Waals surface area contributed by atoms with Gasteiger partial charge in [0.25, 0.3) is 11.8 Å². The van der Waals surface area contributed by atoms with E-state index in [1.165, 1.54) is 18.6 Å². The lowest BCUT2D eigenvalue weighted by Crippen LogP contribution is -2.68. The van der Waals surface area contributed by atoms with E-state index in [4.69, 9.17) is 11.6 Å². The van der Waals surface area contributed by atoms with Crippen LogP contribution in [0.25, 0.3) is 0 Å². The molecule has 3 heterocycles. The van der Waals surface area contributed by atoms with Gasteiger partial charge in [0, 0.05) is 57.3 Å². The summed E-state index contributed by atoms with van der Waals surface area (Å²) in [5, 5.41) is 9.72. The van der Waals surface area contributed by atoms with Crippen molar-refractivity contribution in [3.05, 3.63) is 42.7 Å². The molecular formula is C27H38N11O4S+. The topological polar surface area (TPSA) is 212 Å². The second kappa shape index (κ2) is 15.3. The number of amides is 4. The first-order chi connectivity index (χ1) is 20.8. The molecule has 230 valence electrons. The Bertz CT molecular complexity index is 1280. The summed E-state index contributed by atoms with van der Waals surface area (Å²) in [6.07, 6.45) is 11.9. The van der Waals surface area contributed by atoms with Gasteiger partial charge in [0.15, 0.2) is 11.2 Å². The van der Waals surface area contributed by atoms with E-state index >= 15 is 0 Å². The van der Waals surface area contributed by atoms with E-state index in [2.05, 4.69) is 35.7 Å². The maximum absolute atomic E-state index is 14.1. The van der Waals surface area contributed by atoms with Crippen molar-refractivity contribution in [3.8, 4) is 0 Å². The second-order valence-corrected chi connectivity index (χ2v) is 11.6. The minimum absolute atomic E-state index is 0.0371. The van der Waals surface area contributed by atoms with Crippen LogP contribution in [-0.2, 0) is 14.4 Å². The summed E-state index contributed by atoms with van der Waals surface area (Å²) >= 11 is 1.15. The van der Waals surface area contributed by atoms with E-state index in [1.54, 1.807) is 24.8 Å². The predicted molar refractivity (Wildman–Crippen MR) is 158 cm³/mol. The fourth-order valence-electron chi connectivity index (χ4n) is 5.56. The maximum Gasteiger partial charge on any atom is 0.325 e. The van der Waals surface area contributed by atoms with Gasteiger partial charge in [-0.1, -0.05) is 11.8 Å². The number of nitrogens with two attached hydrogens (primary N) is 2. The van der Waals surface area contributed by atoms with Crippen molar-refractivity contribution in [2.45, 2.75) is 49.3 Å². The molecule has 0 aromatic carbocycles. The quantitative estimate of drug-likeness (QED) is 0.0374. The first-order valence-corrected chi connectivity index (χ1v) is 15.2. The van der Waals surface area contributed by atoms with Gasteiger partial charge in [0.1, 0.15) is 24.3 Å². The first-order valence-electron chi connectivity index (χ1n) is 14.2. The van der Waals surface area contributed by atoms with Gasteiger partial charge in [-0.05, 0) is 24.8 Å². The van der Waals surface area contributed by atoms with Crippen LogP contribution in [-0.4, -0.2) is 110 Å². The molecule has 43 heavy (non-hydrogen) atoms. The fraction of sp³-hybridized carbons (Fsp3) is 0.519. The van der Waals surface area contributed by atoms with Crippen molar-refractivity contribution in [2.75, 3.05) is 38.5 Å². The van der Waals surface area contributed by atoms with Gasteiger partial charge in [-0.3, -0.25) is 19.4 Å². The van der Waals surface area contributed by atoms with Crippen LogP contribution in [0, 0.1) is 5.92 Å². The van der Waals surface area contributed by atoms with E-state index in [9.17, 15) is 19.2 Å². The molecule has 0 bridgehead atoms. The monoisotopic (exact) mass is 612 g/mol. The number of carbonyl (C=O) groups is 4. The average molecular weight is 613 g/mol. The Morgan fingerprint density at radius 1 is 1.12 bits per heavy atom. The summed E-state index contributed by atoms with van der Waals surface area (Å²) < 4.78 is -0.340. The molecule has 2 aromatic heterocycles. The Kier molecular flexibility index (Phi) is 11.3. The molecule has 3 atom stereocenters. The molecule has 1 unspecified atom stereocenters. The van der Waals surface area contributed by atoms with Crippen molar-refractivity contribution in [1.82, 2.24) is 35.5 Å². The fourth-order valence-corrected chi connectivity index (χ4v) is 6.32. The lowest BCUT2D eigenvalue weighted by atomic mass is 9.98. The molecule has 1 saturated heterocycles. The highest BCUT2D eigenvalue weighted by atomic mass is 32.2. The number of rotatable bonds is 15. The van der Waals surface area contributed by atoms with Crippen LogP contribution >= 0.6 is 11.8 Å². The van der Waals surface area contributed by atoms with Crippen molar-refractivity contribution in [1.29, 1.82) is 0 Å². The predicted octanol–water partition coefficient (Wildman–Crippen LogP) is -0.731. The summed E-state index contributed by atoms with van der Waals surface area (Å²) in [6, 6.07) is 0.332. The van der Waals surface area contributed by atoms with Gasteiger partial charge in [-0.25, -0.2) is 24.2 Å². The van der Waals surface area contributed by atoms with Crippen molar-refractivity contribution in [3.63, 3.8) is 0 Å². The molecule has 1 saturated carbocycles. The average Bonchev–Trinajstić information content (AvgIpc) is 3.87. The van der Waals surface area contributed by atoms with Crippen molar-refractivity contribution < 1.29 is 23.7 Å². The van der Waals surface area contributed by atoms with Gasteiger partial charge in [0.2, 0.25) is 5.91 Å². The smallest absolute Gasteiger partial charge is 0.325 e.